The second-order valence-electron chi connectivity index (χ2n) is 7.49. The van der Waals surface area contributed by atoms with Gasteiger partial charge in [0.2, 0.25) is 5.43 Å². The lowest BCUT2D eigenvalue weighted by atomic mass is 10.1. The Balaban J connectivity index is 0.00000245. The normalized spacial score (nSPS) is 16.3. The van der Waals surface area contributed by atoms with Crippen molar-refractivity contribution in [2.24, 2.45) is 5.73 Å². The molecule has 0 amide bonds. The van der Waals surface area contributed by atoms with E-state index in [1.165, 1.54) is 22.8 Å². The Morgan fingerprint density at radius 1 is 1.34 bits per heavy atom. The molecule has 1 fully saturated rings. The van der Waals surface area contributed by atoms with Crippen LogP contribution in [0, 0.1) is 15.9 Å². The van der Waals surface area contributed by atoms with Gasteiger partial charge in [0.1, 0.15) is 16.8 Å². The molecule has 1 atom stereocenters. The number of nitro groups is 1. The number of nitrogens with two attached hydrogens (primary N) is 1. The molecule has 1 aromatic heterocycles. The van der Waals surface area contributed by atoms with Crippen LogP contribution >= 0.6 is 12.4 Å². The van der Waals surface area contributed by atoms with Crippen LogP contribution in [-0.4, -0.2) is 39.7 Å². The number of halogens is 2. The number of fused-ring (bicyclic) bond motifs is 2. The summed E-state index contributed by atoms with van der Waals surface area (Å²) < 4.78 is 22.5. The molecule has 3 aromatic rings. The number of nitro benzene ring substituents is 1. The molecule has 0 radical (unpaired) electrons. The third-order valence-electron chi connectivity index (χ3n) is 5.57. The summed E-state index contributed by atoms with van der Waals surface area (Å²) in [6, 6.07) is 4.62. The summed E-state index contributed by atoms with van der Waals surface area (Å²) in [5, 5.41) is 20.5. The minimum Gasteiger partial charge on any atom is -0.477 e. The summed E-state index contributed by atoms with van der Waals surface area (Å²) in [4.78, 5) is 36.8. The molecular weight excluding hydrogens is 447 g/mol. The summed E-state index contributed by atoms with van der Waals surface area (Å²) in [7, 11) is 0. The average Bonchev–Trinajstić information content (AvgIpc) is 3.14. The van der Waals surface area contributed by atoms with Gasteiger partial charge >= 0.3 is 5.97 Å². The maximum atomic E-state index is 15.2. The molecule has 2 aliphatic rings. The number of nitrogens with zero attached hydrogens (tertiary/aromatic N) is 3. The second kappa shape index (κ2) is 7.46. The average molecular weight is 463 g/mol. The van der Waals surface area contributed by atoms with Crippen LogP contribution in [0.2, 0.25) is 0 Å². The molecule has 3 heterocycles. The van der Waals surface area contributed by atoms with Crippen LogP contribution in [0.5, 0.6) is 11.5 Å². The molecule has 2 aromatic carbocycles. The van der Waals surface area contributed by atoms with Crippen LogP contribution in [0.1, 0.15) is 16.8 Å². The van der Waals surface area contributed by atoms with Crippen molar-refractivity contribution in [1.82, 2.24) is 4.57 Å². The van der Waals surface area contributed by atoms with E-state index in [9.17, 15) is 24.8 Å². The molecule has 0 saturated carbocycles. The molecule has 2 aliphatic heterocycles. The Kier molecular flexibility index (Phi) is 5.02. The maximum Gasteiger partial charge on any atom is 0.341 e. The van der Waals surface area contributed by atoms with E-state index in [1.54, 1.807) is 4.90 Å². The number of carboxylic acid groups (broad SMARTS) is 1. The standard InChI is InChI=1S/C20H15FN4O6.ClH/c21-13-6-11-16-19(17(13)23-4-3-9(22)7-23)31-15-2-1-10(25(29)30)5-14(15)24(16)8-12(18(11)26)20(27)28;/h1-2,5-6,8-9H,3-4,7,22H2,(H,27,28);1H/t9-;/m0./s1. The van der Waals surface area contributed by atoms with Gasteiger partial charge in [-0.25, -0.2) is 9.18 Å². The predicted octanol–water partition coefficient (Wildman–Crippen LogP) is 2.80. The molecule has 0 aliphatic carbocycles. The number of ether oxygens (including phenoxy) is 1. The highest BCUT2D eigenvalue weighted by atomic mass is 35.5. The fourth-order valence-corrected chi connectivity index (χ4v) is 4.14. The zero-order chi connectivity index (χ0) is 22.0. The van der Waals surface area contributed by atoms with Crippen molar-refractivity contribution in [3.8, 4) is 17.2 Å². The molecule has 5 rings (SSSR count). The highest BCUT2D eigenvalue weighted by molar-refractivity contribution is 5.99. The molecule has 32 heavy (non-hydrogen) atoms. The number of aromatic carboxylic acids is 1. The number of hydrogen-bond acceptors (Lipinski definition) is 7. The number of carbonyl (C=O) groups is 1. The monoisotopic (exact) mass is 462 g/mol. The number of pyridine rings is 1. The SMILES string of the molecule is Cl.N[C@H]1CCN(c2c(F)cc3c(=O)c(C(=O)O)cn4c3c2Oc2ccc([N+](=O)[O-])cc2-4)C1. The molecule has 3 N–H and O–H groups in total. The van der Waals surface area contributed by atoms with Gasteiger partial charge in [-0.05, 0) is 18.6 Å². The number of non-ortho nitro benzene ring substituents is 1. The number of rotatable bonds is 3. The van der Waals surface area contributed by atoms with Crippen molar-refractivity contribution in [3.05, 3.63) is 62.2 Å². The molecule has 0 spiro atoms. The van der Waals surface area contributed by atoms with Gasteiger partial charge in [0.05, 0.1) is 16.0 Å². The minimum absolute atomic E-state index is 0. The van der Waals surface area contributed by atoms with Crippen LogP contribution in [-0.2, 0) is 0 Å². The number of aromatic nitrogens is 1. The van der Waals surface area contributed by atoms with Gasteiger partial charge in [-0.1, -0.05) is 0 Å². The Morgan fingerprint density at radius 3 is 2.72 bits per heavy atom. The fourth-order valence-electron chi connectivity index (χ4n) is 4.14. The summed E-state index contributed by atoms with van der Waals surface area (Å²) in [6.45, 7) is 0.855. The second-order valence-corrected chi connectivity index (χ2v) is 7.49. The van der Waals surface area contributed by atoms with Gasteiger partial charge in [-0.15, -0.1) is 12.4 Å². The van der Waals surface area contributed by atoms with Crippen molar-refractivity contribution in [1.29, 1.82) is 0 Å². The molecule has 12 heteroatoms. The third-order valence-corrected chi connectivity index (χ3v) is 5.57. The minimum atomic E-state index is -1.49. The first-order valence-corrected chi connectivity index (χ1v) is 9.38. The highest BCUT2D eigenvalue weighted by Crippen LogP contribution is 2.47. The van der Waals surface area contributed by atoms with Gasteiger partial charge in [0.25, 0.3) is 5.69 Å². The van der Waals surface area contributed by atoms with Crippen LogP contribution in [0.4, 0.5) is 15.8 Å². The number of hydrogen-bond donors (Lipinski definition) is 2. The summed E-state index contributed by atoms with van der Waals surface area (Å²) in [6.07, 6.45) is 1.73. The van der Waals surface area contributed by atoms with Crippen molar-refractivity contribution in [3.63, 3.8) is 0 Å². The van der Waals surface area contributed by atoms with Gasteiger partial charge in [-0.2, -0.15) is 0 Å². The molecule has 166 valence electrons. The van der Waals surface area contributed by atoms with E-state index < -0.39 is 27.7 Å². The quantitative estimate of drug-likeness (QED) is 0.349. The Bertz CT molecular complexity index is 1370. The van der Waals surface area contributed by atoms with Gasteiger partial charge < -0.3 is 25.0 Å². The fraction of sp³-hybridized carbons (Fsp3) is 0.200. The van der Waals surface area contributed by atoms with E-state index in [0.29, 0.717) is 19.5 Å². The lowest BCUT2D eigenvalue weighted by Crippen LogP contribution is -2.28. The summed E-state index contributed by atoms with van der Waals surface area (Å²) in [5.74, 6) is -2.03. The molecule has 0 unspecified atom stereocenters. The van der Waals surface area contributed by atoms with Gasteiger partial charge in [-0.3, -0.25) is 14.9 Å². The van der Waals surface area contributed by atoms with Crippen LogP contribution in [0.3, 0.4) is 0 Å². The first-order chi connectivity index (χ1) is 14.8. The van der Waals surface area contributed by atoms with Crippen molar-refractivity contribution in [2.75, 3.05) is 18.0 Å². The smallest absolute Gasteiger partial charge is 0.341 e. The van der Waals surface area contributed by atoms with E-state index in [-0.39, 0.29) is 57.9 Å². The molecule has 0 bridgehead atoms. The Labute approximate surface area is 185 Å². The maximum absolute atomic E-state index is 15.2. The van der Waals surface area contributed by atoms with Crippen LogP contribution < -0.4 is 20.8 Å². The van der Waals surface area contributed by atoms with Crippen molar-refractivity contribution in [2.45, 2.75) is 12.5 Å². The largest absolute Gasteiger partial charge is 0.477 e. The Morgan fingerprint density at radius 2 is 2.09 bits per heavy atom. The number of benzene rings is 2. The highest BCUT2D eigenvalue weighted by Gasteiger charge is 2.33. The van der Waals surface area contributed by atoms with Crippen molar-refractivity contribution < 1.29 is 24.0 Å². The molecular formula is C20H16ClFN4O6. The number of carboxylic acids is 1. The lowest BCUT2D eigenvalue weighted by molar-refractivity contribution is -0.384. The van der Waals surface area contributed by atoms with Gasteiger partial charge in [0.15, 0.2) is 17.3 Å². The van der Waals surface area contributed by atoms with Crippen molar-refractivity contribution >= 4 is 40.7 Å². The topological polar surface area (TPSA) is 141 Å². The van der Waals surface area contributed by atoms with E-state index in [1.807, 2.05) is 0 Å². The first kappa shape index (κ1) is 21.5. The number of anilines is 1. The zero-order valence-electron chi connectivity index (χ0n) is 16.3. The molecule has 10 nitrogen and oxygen atoms in total. The molecule has 1 saturated heterocycles. The first-order valence-electron chi connectivity index (χ1n) is 9.38. The lowest BCUT2D eigenvalue weighted by Gasteiger charge is -2.29. The third kappa shape index (κ3) is 3.05. The Hall–Kier alpha value is -3.70. The van der Waals surface area contributed by atoms with Crippen LogP contribution in [0.25, 0.3) is 16.6 Å². The zero-order valence-corrected chi connectivity index (χ0v) is 17.1. The van der Waals surface area contributed by atoms with E-state index in [2.05, 4.69) is 0 Å². The van der Waals surface area contributed by atoms with Crippen LogP contribution in [0.15, 0.2) is 35.3 Å². The van der Waals surface area contributed by atoms with E-state index >= 15 is 4.39 Å². The summed E-state index contributed by atoms with van der Waals surface area (Å²) in [5.41, 5.74) is 4.68. The predicted molar refractivity (Wildman–Crippen MR) is 115 cm³/mol. The van der Waals surface area contributed by atoms with E-state index in [4.69, 9.17) is 10.5 Å². The summed E-state index contributed by atoms with van der Waals surface area (Å²) >= 11 is 0. The van der Waals surface area contributed by atoms with E-state index in [0.717, 1.165) is 12.3 Å². The van der Waals surface area contributed by atoms with Gasteiger partial charge in [0, 0.05) is 37.5 Å².